The van der Waals surface area contributed by atoms with Gasteiger partial charge in [0.1, 0.15) is 11.8 Å². The number of allylic oxidation sites excluding steroid dienone is 1. The molecule has 1 amide bonds. The van der Waals surface area contributed by atoms with E-state index in [0.29, 0.717) is 16.9 Å². The highest BCUT2D eigenvalue weighted by atomic mass is 32.2. The molecule has 4 aromatic carbocycles. The van der Waals surface area contributed by atoms with Crippen LogP contribution in [-0.2, 0) is 26.7 Å². The van der Waals surface area contributed by atoms with E-state index in [2.05, 4.69) is 0 Å². The Balaban J connectivity index is 1.27. The van der Waals surface area contributed by atoms with Crippen LogP contribution in [0.1, 0.15) is 41.8 Å². The average molecular weight is 646 g/mol. The van der Waals surface area contributed by atoms with Gasteiger partial charge in [-0.1, -0.05) is 115 Å². The third kappa shape index (κ3) is 5.12. The maximum absolute atomic E-state index is 14.8. The molecule has 8 heteroatoms. The summed E-state index contributed by atoms with van der Waals surface area (Å²) in [7, 11) is 0. The van der Waals surface area contributed by atoms with Crippen molar-refractivity contribution in [3.8, 4) is 5.75 Å². The Labute approximate surface area is 278 Å². The van der Waals surface area contributed by atoms with Gasteiger partial charge in [0.05, 0.1) is 23.3 Å². The van der Waals surface area contributed by atoms with E-state index in [-0.39, 0.29) is 30.3 Å². The minimum Gasteiger partial charge on any atom is -0.423 e. The molecular weight excluding hydrogens is 610 g/mol. The van der Waals surface area contributed by atoms with Crippen molar-refractivity contribution in [3.05, 3.63) is 150 Å². The number of ketones is 1. The fourth-order valence-corrected chi connectivity index (χ4v) is 9.26. The van der Waals surface area contributed by atoms with Crippen LogP contribution in [0.5, 0.6) is 5.75 Å². The zero-order valence-electron chi connectivity index (χ0n) is 26.1. The number of amides is 1. The predicted octanol–water partition coefficient (Wildman–Crippen LogP) is 6.53. The number of hydrogen-bond donors (Lipinski definition) is 1. The van der Waals surface area contributed by atoms with Crippen molar-refractivity contribution >= 4 is 29.4 Å². The molecule has 0 aromatic heterocycles. The van der Waals surface area contributed by atoms with E-state index in [0.717, 1.165) is 5.56 Å². The quantitative estimate of drug-likeness (QED) is 0.0728. The third-order valence-corrected chi connectivity index (χ3v) is 11.2. The van der Waals surface area contributed by atoms with Crippen LogP contribution in [0.15, 0.2) is 133 Å². The highest BCUT2D eigenvalue weighted by molar-refractivity contribution is 8.01. The van der Waals surface area contributed by atoms with Gasteiger partial charge in [-0.3, -0.25) is 9.59 Å². The molecular formula is C39H35NO6S. The topological polar surface area (TPSA) is 93.1 Å². The first-order chi connectivity index (χ1) is 22.7. The predicted molar refractivity (Wildman–Crippen MR) is 179 cm³/mol. The van der Waals surface area contributed by atoms with Gasteiger partial charge in [0.15, 0.2) is 5.78 Å². The van der Waals surface area contributed by atoms with Crippen LogP contribution < -0.4 is 4.74 Å². The Morgan fingerprint density at radius 2 is 1.45 bits per heavy atom. The van der Waals surface area contributed by atoms with E-state index in [1.807, 2.05) is 74.5 Å². The number of benzene rings is 4. The number of carbonyl (C=O) groups excluding carboxylic acids is 3. The molecule has 5 atom stereocenters. The Kier molecular flexibility index (Phi) is 7.91. The molecule has 2 fully saturated rings. The Bertz CT molecular complexity index is 1830. The number of esters is 1. The molecule has 1 aliphatic carbocycles. The first-order valence-corrected chi connectivity index (χ1v) is 16.6. The zero-order chi connectivity index (χ0) is 32.8. The molecule has 1 N–H and O–H groups in total. The molecule has 7 rings (SSSR count). The number of β-lactam (4-membered cyclic amide) rings is 1. The number of fused-ring (bicyclic) bond motifs is 2. The molecule has 7 nitrogen and oxygen atoms in total. The Morgan fingerprint density at radius 3 is 2.09 bits per heavy atom. The fraction of sp³-hybridized carbons (Fsp3) is 0.256. The second-order valence-electron chi connectivity index (χ2n) is 12.8. The monoisotopic (exact) mass is 645 g/mol. The summed E-state index contributed by atoms with van der Waals surface area (Å²) in [6.45, 7) is 4.10. The molecule has 0 radical (unpaired) electrons. The summed E-state index contributed by atoms with van der Waals surface area (Å²) in [5, 5.41) is 12.1. The molecule has 3 unspecified atom stereocenters. The second kappa shape index (κ2) is 11.9. The van der Waals surface area contributed by atoms with E-state index in [1.165, 1.54) is 11.8 Å². The lowest BCUT2D eigenvalue weighted by molar-refractivity contribution is -0.270. The van der Waals surface area contributed by atoms with E-state index >= 15 is 0 Å². The summed E-state index contributed by atoms with van der Waals surface area (Å²) in [6, 6.07) is 35.4. The van der Waals surface area contributed by atoms with Crippen LogP contribution >= 0.6 is 11.8 Å². The maximum atomic E-state index is 14.8. The number of hydrogen-bond acceptors (Lipinski definition) is 7. The van der Waals surface area contributed by atoms with Crippen molar-refractivity contribution in [2.45, 2.75) is 48.8 Å². The Hall–Kier alpha value is -4.50. The largest absolute Gasteiger partial charge is 0.423 e. The van der Waals surface area contributed by atoms with Crippen LogP contribution in [0, 0.1) is 11.3 Å². The van der Waals surface area contributed by atoms with Crippen molar-refractivity contribution in [2.75, 3.05) is 0 Å². The van der Waals surface area contributed by atoms with Gasteiger partial charge in [0.2, 0.25) is 11.7 Å². The summed E-state index contributed by atoms with van der Waals surface area (Å²) in [5.74, 6) is -3.85. The van der Waals surface area contributed by atoms with Crippen molar-refractivity contribution < 1.29 is 29.0 Å². The summed E-state index contributed by atoms with van der Waals surface area (Å²) in [6.07, 6.45) is 1.89. The molecule has 47 heavy (non-hydrogen) atoms. The van der Waals surface area contributed by atoms with Gasteiger partial charge in [-0.05, 0) is 38.0 Å². The second-order valence-corrected chi connectivity index (χ2v) is 14.5. The Morgan fingerprint density at radius 1 is 0.872 bits per heavy atom. The van der Waals surface area contributed by atoms with Gasteiger partial charge in [0, 0.05) is 21.4 Å². The minimum absolute atomic E-state index is 0.119. The van der Waals surface area contributed by atoms with Crippen LogP contribution in [0.3, 0.4) is 0 Å². The number of aliphatic hydroxyl groups is 1. The van der Waals surface area contributed by atoms with Gasteiger partial charge < -0.3 is 19.5 Å². The van der Waals surface area contributed by atoms with Crippen LogP contribution in [0.4, 0.5) is 0 Å². The molecule has 2 aliphatic heterocycles. The van der Waals surface area contributed by atoms with Gasteiger partial charge >= 0.3 is 5.97 Å². The van der Waals surface area contributed by atoms with Crippen LogP contribution in [0.2, 0.25) is 0 Å². The van der Waals surface area contributed by atoms with Gasteiger partial charge in [0.25, 0.3) is 0 Å². The highest BCUT2D eigenvalue weighted by Crippen LogP contribution is 2.68. The van der Waals surface area contributed by atoms with E-state index in [4.69, 9.17) is 9.47 Å². The molecule has 0 saturated carbocycles. The van der Waals surface area contributed by atoms with Crippen molar-refractivity contribution in [1.29, 1.82) is 0 Å². The number of thioether (sulfide) groups is 1. The maximum Gasteiger partial charge on any atom is 0.339 e. The van der Waals surface area contributed by atoms with Crippen LogP contribution in [-0.4, -0.2) is 43.8 Å². The molecule has 2 heterocycles. The van der Waals surface area contributed by atoms with E-state index in [1.54, 1.807) is 71.6 Å². The first kappa shape index (κ1) is 31.1. The molecule has 2 saturated heterocycles. The van der Waals surface area contributed by atoms with Crippen LogP contribution in [0.25, 0.3) is 0 Å². The van der Waals surface area contributed by atoms with E-state index < -0.39 is 39.3 Å². The van der Waals surface area contributed by atoms with Crippen molar-refractivity contribution in [3.63, 3.8) is 0 Å². The lowest BCUT2D eigenvalue weighted by Crippen LogP contribution is -2.73. The number of nitrogens with zero attached hydrogens (tertiary/aromatic N) is 1. The van der Waals surface area contributed by atoms with E-state index in [9.17, 15) is 19.5 Å². The average Bonchev–Trinajstić information content (AvgIpc) is 3.64. The molecule has 238 valence electrons. The number of ether oxygens (including phenoxy) is 2. The molecule has 3 aliphatic rings. The molecule has 4 aromatic rings. The normalized spacial score (nSPS) is 25.4. The zero-order valence-corrected chi connectivity index (χ0v) is 26.9. The minimum atomic E-state index is -1.88. The SMILES string of the molecule is CC1(C)S[C@H]2N(C(=O)C23CC=C(C(=O)Oc2ccccc2)C3C(=O)c2ccccc2)[C@H]1C(O)(OCc1ccccc1)c1ccccc1. The fourth-order valence-electron chi connectivity index (χ4n) is 7.41. The standard InChI is InChI=1S/C39H35NO6S/c1-37(2)34(39(44,28-19-11-5-12-20-28)45-25-26-15-7-3-8-16-26)40-35(43)38(36(40)47-37)24-23-30(33(42)46-29-21-13-6-14-22-29)31(38)32(41)27-17-9-4-10-18-27/h3-23,31,34,36,44H,24-25H2,1-2H3/t31?,34-,36-,38?,39?/m1/s1. The molecule has 1 spiro atoms. The lowest BCUT2D eigenvalue weighted by atomic mass is 9.64. The summed E-state index contributed by atoms with van der Waals surface area (Å²) in [5.41, 5.74) is 0.762. The van der Waals surface area contributed by atoms with Gasteiger partial charge in [-0.15, -0.1) is 11.8 Å². The number of Topliss-reactive ketones (excluding diaryl/α,β-unsaturated/α-hetero) is 1. The smallest absolute Gasteiger partial charge is 0.339 e. The summed E-state index contributed by atoms with van der Waals surface area (Å²) < 4.78 is 11.4. The number of carbonyl (C=O) groups is 3. The lowest BCUT2D eigenvalue weighted by Gasteiger charge is -2.56. The van der Waals surface area contributed by atoms with Crippen molar-refractivity contribution in [1.82, 2.24) is 4.90 Å². The third-order valence-electron chi connectivity index (χ3n) is 9.53. The summed E-state index contributed by atoms with van der Waals surface area (Å²) in [4.78, 5) is 44.6. The van der Waals surface area contributed by atoms with Crippen molar-refractivity contribution in [2.24, 2.45) is 11.3 Å². The molecule has 0 bridgehead atoms. The van der Waals surface area contributed by atoms with Gasteiger partial charge in [-0.2, -0.15) is 0 Å². The highest BCUT2D eigenvalue weighted by Gasteiger charge is 2.77. The number of rotatable bonds is 9. The van der Waals surface area contributed by atoms with Gasteiger partial charge in [-0.25, -0.2) is 4.79 Å². The summed E-state index contributed by atoms with van der Waals surface area (Å²) >= 11 is 1.53. The first-order valence-electron chi connectivity index (χ1n) is 15.7. The number of para-hydroxylation sites is 1.